The first-order chi connectivity index (χ1) is 24.1. The zero-order chi connectivity index (χ0) is 38.6. The van der Waals surface area contributed by atoms with E-state index in [1.54, 1.807) is 24.4 Å². The van der Waals surface area contributed by atoms with E-state index in [1.165, 1.54) is 6.08 Å². The maximum absolute atomic E-state index is 14.0. The van der Waals surface area contributed by atoms with Gasteiger partial charge in [-0.2, -0.15) is 13.2 Å². The predicted octanol–water partition coefficient (Wildman–Crippen LogP) is 1.99. The summed E-state index contributed by atoms with van der Waals surface area (Å²) in [4.78, 5) is 88.1. The molecule has 0 radical (unpaired) electrons. The molecular formula is C35H42F3NO13. The van der Waals surface area contributed by atoms with Gasteiger partial charge in [0, 0.05) is 43.9 Å². The lowest BCUT2D eigenvalue weighted by Gasteiger charge is -2.56. The van der Waals surface area contributed by atoms with Crippen LogP contribution in [0.1, 0.15) is 66.7 Å². The zero-order valence-corrected chi connectivity index (χ0v) is 29.3. The molecule has 2 N–H and O–H groups in total. The number of ether oxygens (including phenoxy) is 5. The number of Topliss-reactive ketones (excluding diaryl/α,β-unsaturated/α-hetero) is 2. The van der Waals surface area contributed by atoms with Gasteiger partial charge in [0.15, 0.2) is 30.1 Å². The first-order valence-electron chi connectivity index (χ1n) is 17.0. The summed E-state index contributed by atoms with van der Waals surface area (Å²) in [5, 5.41) is 13.7. The second kappa shape index (κ2) is 14.1. The van der Waals surface area contributed by atoms with E-state index in [-0.39, 0.29) is 36.2 Å². The van der Waals surface area contributed by atoms with Crippen molar-refractivity contribution in [3.05, 3.63) is 23.8 Å². The van der Waals surface area contributed by atoms with Crippen LogP contribution < -0.4 is 5.32 Å². The van der Waals surface area contributed by atoms with Crippen molar-refractivity contribution in [2.75, 3.05) is 13.2 Å². The Morgan fingerprint density at radius 2 is 1.65 bits per heavy atom. The quantitative estimate of drug-likeness (QED) is 0.257. The van der Waals surface area contributed by atoms with Gasteiger partial charge in [-0.25, -0.2) is 0 Å². The first-order valence-corrected chi connectivity index (χ1v) is 17.0. The van der Waals surface area contributed by atoms with Crippen LogP contribution in [0.3, 0.4) is 0 Å². The van der Waals surface area contributed by atoms with Gasteiger partial charge >= 0.3 is 30.0 Å². The number of carbonyl (C=O) groups excluding carboxylic acids is 7. The minimum atomic E-state index is -5.45. The summed E-state index contributed by atoms with van der Waals surface area (Å²) in [6.45, 7) is 4.79. The van der Waals surface area contributed by atoms with Gasteiger partial charge in [-0.1, -0.05) is 25.5 Å². The van der Waals surface area contributed by atoms with Gasteiger partial charge in [-0.05, 0) is 49.7 Å². The lowest BCUT2D eigenvalue weighted by molar-refractivity contribution is -0.278. The SMILES string of the molecule is CC(=O)OCC1O[C@@H](OCC(=O)[C@@]2(O)CCC3C4CCC5=CC(=O)C=C[C@]5(C)C4C(=O)C[C@@]32C)C(NC(=O)C(F)(F)F)[C@@H](OC(C)=O)[C@@H]1OC(C)=O. The number of hydrogen-bond acceptors (Lipinski definition) is 13. The summed E-state index contributed by atoms with van der Waals surface area (Å²) >= 11 is 0. The average molecular weight is 742 g/mol. The highest BCUT2D eigenvalue weighted by Crippen LogP contribution is 2.66. The van der Waals surface area contributed by atoms with Crippen LogP contribution in [-0.2, 0) is 57.2 Å². The zero-order valence-electron chi connectivity index (χ0n) is 29.3. The van der Waals surface area contributed by atoms with Crippen LogP contribution in [-0.4, -0.2) is 102 Å². The van der Waals surface area contributed by atoms with Crippen LogP contribution in [0.5, 0.6) is 0 Å². The molecule has 0 spiro atoms. The number of ketones is 3. The molecule has 0 aromatic carbocycles. The third kappa shape index (κ3) is 7.06. The van der Waals surface area contributed by atoms with Crippen molar-refractivity contribution in [3.63, 3.8) is 0 Å². The molecule has 11 atom stereocenters. The highest BCUT2D eigenvalue weighted by Gasteiger charge is 2.68. The Morgan fingerprint density at radius 3 is 2.27 bits per heavy atom. The Bertz CT molecular complexity index is 1610. The van der Waals surface area contributed by atoms with Crippen molar-refractivity contribution in [1.29, 1.82) is 0 Å². The molecule has 17 heteroatoms. The number of rotatable bonds is 9. The number of halogens is 3. The Labute approximate surface area is 296 Å². The highest BCUT2D eigenvalue weighted by atomic mass is 19.4. The summed E-state index contributed by atoms with van der Waals surface area (Å²) in [6, 6.07) is -2.04. The molecular weight excluding hydrogens is 699 g/mol. The molecule has 3 saturated carbocycles. The van der Waals surface area contributed by atoms with Crippen LogP contribution in [0, 0.1) is 28.6 Å². The lowest BCUT2D eigenvalue weighted by Crippen LogP contribution is -2.68. The van der Waals surface area contributed by atoms with E-state index >= 15 is 0 Å². The average Bonchev–Trinajstić information content (AvgIpc) is 3.30. The third-order valence-electron chi connectivity index (χ3n) is 11.5. The van der Waals surface area contributed by atoms with Crippen molar-refractivity contribution in [2.45, 2.75) is 109 Å². The fourth-order valence-corrected chi connectivity index (χ4v) is 9.20. The van der Waals surface area contributed by atoms with Crippen LogP contribution in [0.2, 0.25) is 0 Å². The molecule has 1 saturated heterocycles. The lowest BCUT2D eigenvalue weighted by atomic mass is 9.46. The molecule has 286 valence electrons. The Balaban J connectivity index is 1.42. The molecule has 5 aliphatic rings. The first kappa shape index (κ1) is 39.3. The van der Waals surface area contributed by atoms with Crippen molar-refractivity contribution in [3.8, 4) is 0 Å². The Hall–Kier alpha value is -3.96. The smallest absolute Gasteiger partial charge is 0.463 e. The number of amides is 1. The van der Waals surface area contributed by atoms with Gasteiger partial charge in [0.2, 0.25) is 0 Å². The number of esters is 3. The normalized spacial score (nSPS) is 38.2. The van der Waals surface area contributed by atoms with Crippen LogP contribution >= 0.6 is 0 Å². The molecule has 5 unspecified atom stereocenters. The summed E-state index contributed by atoms with van der Waals surface area (Å²) in [6.07, 6.45) is -6.56. The number of allylic oxidation sites excluding steroid dienone is 4. The van der Waals surface area contributed by atoms with E-state index in [0.29, 0.717) is 19.3 Å². The fourth-order valence-electron chi connectivity index (χ4n) is 9.20. The van der Waals surface area contributed by atoms with Crippen molar-refractivity contribution < 1.29 is 75.5 Å². The minimum Gasteiger partial charge on any atom is -0.463 e. The van der Waals surface area contributed by atoms with E-state index in [2.05, 4.69) is 0 Å². The van der Waals surface area contributed by atoms with E-state index in [9.17, 15) is 51.8 Å². The highest BCUT2D eigenvalue weighted by molar-refractivity contribution is 6.02. The molecule has 14 nitrogen and oxygen atoms in total. The van der Waals surface area contributed by atoms with Crippen LogP contribution in [0.25, 0.3) is 0 Å². The number of aliphatic hydroxyl groups is 1. The fraction of sp³-hybridized carbons (Fsp3) is 0.686. The standard InChI is InChI=1S/C35H42F3NO13/c1-16(40)48-14-24-28(50-17(2)41)29(51-18(3)42)27(39-31(46)35(36,37)38)30(52-24)49-15-25(45)34(47)11-9-22-21-7-6-19-12-20(43)8-10-32(19,4)26(21)23(44)13-33(22,34)5/h8,10,12,21-22,24,26-30,47H,6-7,9,11,13-15H2,1-5H3,(H,39,46)/t21?,22?,24?,26?,27?,28-,29-,30-,32+,33+,34+/m1/s1. The molecule has 5 rings (SSSR count). The number of fused-ring (bicyclic) bond motifs is 5. The van der Waals surface area contributed by atoms with Crippen molar-refractivity contribution in [1.82, 2.24) is 5.32 Å². The summed E-state index contributed by atoms with van der Waals surface area (Å²) < 4.78 is 67.3. The van der Waals surface area contributed by atoms with Gasteiger partial charge in [-0.15, -0.1) is 0 Å². The molecule has 1 amide bonds. The number of carbonyl (C=O) groups is 7. The van der Waals surface area contributed by atoms with Crippen LogP contribution in [0.4, 0.5) is 13.2 Å². The number of nitrogens with one attached hydrogen (secondary N) is 1. The topological polar surface area (TPSA) is 198 Å². The second-order valence-corrected chi connectivity index (χ2v) is 14.7. The maximum Gasteiger partial charge on any atom is 0.471 e. The van der Waals surface area contributed by atoms with Gasteiger partial charge in [0.1, 0.15) is 36.7 Å². The molecule has 1 heterocycles. The van der Waals surface area contributed by atoms with E-state index in [0.717, 1.165) is 26.3 Å². The predicted molar refractivity (Wildman–Crippen MR) is 167 cm³/mol. The monoisotopic (exact) mass is 741 g/mol. The largest absolute Gasteiger partial charge is 0.471 e. The Morgan fingerprint density at radius 1 is 1.00 bits per heavy atom. The van der Waals surface area contributed by atoms with Crippen molar-refractivity contribution in [2.24, 2.45) is 28.6 Å². The Kier molecular flexibility index (Phi) is 10.7. The molecule has 0 aromatic rings. The third-order valence-corrected chi connectivity index (χ3v) is 11.5. The van der Waals surface area contributed by atoms with E-state index < -0.39 is 102 Å². The molecule has 0 bridgehead atoms. The number of alkyl halides is 3. The van der Waals surface area contributed by atoms with Crippen LogP contribution in [0.15, 0.2) is 23.8 Å². The second-order valence-electron chi connectivity index (χ2n) is 14.7. The molecule has 4 aliphatic carbocycles. The van der Waals surface area contributed by atoms with Gasteiger partial charge in [0.05, 0.1) is 0 Å². The summed E-state index contributed by atoms with van der Waals surface area (Å²) in [7, 11) is 0. The molecule has 4 fully saturated rings. The van der Waals surface area contributed by atoms with Crippen molar-refractivity contribution >= 4 is 41.2 Å². The van der Waals surface area contributed by atoms with Gasteiger partial charge in [0.25, 0.3) is 0 Å². The number of hydrogen-bond donors (Lipinski definition) is 2. The van der Waals surface area contributed by atoms with Gasteiger partial charge < -0.3 is 34.1 Å². The minimum absolute atomic E-state index is 0.0555. The summed E-state index contributed by atoms with van der Waals surface area (Å²) in [5.41, 5.74) is -3.21. The molecule has 0 aromatic heterocycles. The maximum atomic E-state index is 14.0. The molecule has 1 aliphatic heterocycles. The molecule has 52 heavy (non-hydrogen) atoms. The summed E-state index contributed by atoms with van der Waals surface area (Å²) in [5.74, 6) is -7.61. The van der Waals surface area contributed by atoms with E-state index in [1.807, 2.05) is 6.92 Å². The van der Waals surface area contributed by atoms with E-state index in [4.69, 9.17) is 23.7 Å². The van der Waals surface area contributed by atoms with Gasteiger partial charge in [-0.3, -0.25) is 33.6 Å².